The minimum Gasteiger partial charge on any atom is -0.399 e. The molecule has 96 heavy (non-hydrogen) atoms. The van der Waals surface area contributed by atoms with Crippen LogP contribution in [0.4, 0.5) is 17.6 Å². The molecule has 3 fully saturated rings. The lowest BCUT2D eigenvalue weighted by Gasteiger charge is -2.32. The number of nitrogens with zero attached hydrogens (tertiary/aromatic N) is 6. The maximum absolute atomic E-state index is 15.6. The molecule has 502 valence electrons. The van der Waals surface area contributed by atoms with E-state index in [1.807, 2.05) is 52.0 Å². The lowest BCUT2D eigenvalue weighted by Crippen LogP contribution is -2.43. The number of carbonyl (C=O) groups is 8. The first-order valence-corrected chi connectivity index (χ1v) is 32.1. The molecule has 4 aliphatic heterocycles. The van der Waals surface area contributed by atoms with Crippen molar-refractivity contribution < 1.29 is 65.2 Å². The van der Waals surface area contributed by atoms with E-state index in [1.54, 1.807) is 84.9 Å². The molecular formula is C68H69BBrF4N9O10S3. The van der Waals surface area contributed by atoms with Crippen LogP contribution in [0.5, 0.6) is 0 Å². The molecule has 5 N–H and O–H groups in total. The summed E-state index contributed by atoms with van der Waals surface area (Å²) in [5.41, 5.74) is 15.2. The third-order valence-electron chi connectivity index (χ3n) is 17.8. The molecule has 3 saturated heterocycles. The Bertz CT molecular complexity index is 4370. The van der Waals surface area contributed by atoms with Gasteiger partial charge in [0.2, 0.25) is 11.8 Å². The molecular weight excluding hydrogens is 1370 g/mol. The summed E-state index contributed by atoms with van der Waals surface area (Å²) < 4.78 is 75.9. The maximum atomic E-state index is 15.6. The van der Waals surface area contributed by atoms with Crippen LogP contribution in [0.3, 0.4) is 0 Å². The van der Waals surface area contributed by atoms with Gasteiger partial charge in [0.1, 0.15) is 37.1 Å². The number of likely N-dealkylation sites (tertiary alicyclic amines) is 2. The predicted octanol–water partition coefficient (Wildman–Crippen LogP) is 8.58. The number of nitrogens with one attached hydrogen (secondary N) is 1. The van der Waals surface area contributed by atoms with Crippen LogP contribution in [-0.2, 0) is 89.8 Å². The number of benzene rings is 6. The Hall–Kier alpha value is -8.41. The Morgan fingerprint density at radius 2 is 1.12 bits per heavy atom. The Kier molecular flexibility index (Phi) is 23.2. The van der Waals surface area contributed by atoms with E-state index in [-0.39, 0.29) is 118 Å². The molecule has 0 bridgehead atoms. The van der Waals surface area contributed by atoms with Crippen molar-refractivity contribution in [3.63, 3.8) is 0 Å². The van der Waals surface area contributed by atoms with Crippen LogP contribution in [0, 0.1) is 11.6 Å². The smallest absolute Gasteiger partial charge is 0.399 e. The largest absolute Gasteiger partial charge is 0.497 e. The van der Waals surface area contributed by atoms with Crippen molar-refractivity contribution in [2.24, 2.45) is 11.5 Å². The number of aryl methyl sites for hydroxylation is 1. The van der Waals surface area contributed by atoms with Crippen LogP contribution in [-0.4, -0.2) is 132 Å². The zero-order valence-electron chi connectivity index (χ0n) is 51.8. The van der Waals surface area contributed by atoms with Gasteiger partial charge in [-0.1, -0.05) is 114 Å². The Morgan fingerprint density at radius 1 is 0.635 bits per heavy atom. The summed E-state index contributed by atoms with van der Waals surface area (Å²) in [7, 11) is -0.950. The highest BCUT2D eigenvalue weighted by atomic mass is 79.9. The molecule has 6 heterocycles. The number of hydrogen-bond donors (Lipinski definition) is 3. The first kappa shape index (κ1) is 73.4. The molecule has 13 rings (SSSR count). The summed E-state index contributed by atoms with van der Waals surface area (Å²) >= 11 is 10.6. The van der Waals surface area contributed by atoms with Crippen molar-refractivity contribution in [1.29, 1.82) is 0 Å². The maximum Gasteiger partial charge on any atom is 0.497 e. The first-order chi connectivity index (χ1) is 44.8. The van der Waals surface area contributed by atoms with Gasteiger partial charge in [-0.2, -0.15) is 23.7 Å². The second-order valence-electron chi connectivity index (χ2n) is 24.3. The molecule has 6 aromatic carbocycles. The molecule has 0 saturated carbocycles. The van der Waals surface area contributed by atoms with Crippen molar-refractivity contribution in [1.82, 2.24) is 34.7 Å². The number of carbonyl (C=O) groups excluding carboxylic acids is 8. The highest BCUT2D eigenvalue weighted by Gasteiger charge is 2.53. The van der Waals surface area contributed by atoms with Crippen molar-refractivity contribution in [3.05, 3.63) is 182 Å². The first-order valence-electron chi connectivity index (χ1n) is 30.0. The summed E-state index contributed by atoms with van der Waals surface area (Å²) in [4.78, 5) is 103. The zero-order valence-corrected chi connectivity index (χ0v) is 56.1. The number of aromatic nitrogens is 4. The standard InChI is InChI=1S/C31H26F2N4O4.C28H31BF2N4O5.C8H6BrNO.CH4.S2.H2S/c32-20-14-25(36(15-20)28(40)16-37-24-7-2-1-5-22(24)30(35-37)31(34)41)27(39)13-19-4-3-6-21(29(19)33)18-9-8-17-10-11-26(38)23(17)12-18;1-27(2)28(3,4)40-29(39-27)19-10-7-8-16(24(19)31)12-22(36)21-13-17(30)14-34(21)23(37)15-35-20-11-6-5-9-18(20)25(33-35)26(32)38;9-6-2-1-5-4-10-8(11)7(5)3-6;;1-2;/h1-9,12,20,25H,10-11,13-16H2,(H2,34,41);5-11,17,21H,12-15H2,1-4H3,(H2,32,38);1-3H,4H2,(H,10,11);1H4;;1H2/t20-,25+;17-,21+;;;;/m11..../s1. The molecule has 5 aliphatic rings. The van der Waals surface area contributed by atoms with E-state index in [0.717, 1.165) is 21.2 Å². The summed E-state index contributed by atoms with van der Waals surface area (Å²) in [6, 6.07) is 31.8. The van der Waals surface area contributed by atoms with Gasteiger partial charge in [0.25, 0.3) is 17.7 Å². The second kappa shape index (κ2) is 30.3. The minimum absolute atomic E-state index is 0. The van der Waals surface area contributed by atoms with E-state index in [1.165, 1.54) is 31.3 Å². The van der Waals surface area contributed by atoms with Crippen LogP contribution in [0.1, 0.15) is 118 Å². The Morgan fingerprint density at radius 3 is 1.65 bits per heavy atom. The number of para-hydroxylation sites is 2. The average molecular weight is 1440 g/mol. The van der Waals surface area contributed by atoms with Crippen molar-refractivity contribution in [3.8, 4) is 11.1 Å². The van der Waals surface area contributed by atoms with Gasteiger partial charge in [-0.25, -0.2) is 17.6 Å². The summed E-state index contributed by atoms with van der Waals surface area (Å²) in [5.74, 6) is -4.74. The van der Waals surface area contributed by atoms with E-state index in [0.29, 0.717) is 52.3 Å². The number of primary amides is 2. The van der Waals surface area contributed by atoms with Gasteiger partial charge >= 0.3 is 7.12 Å². The van der Waals surface area contributed by atoms with Crippen LogP contribution < -0.4 is 22.2 Å². The highest BCUT2D eigenvalue weighted by Crippen LogP contribution is 2.38. The number of halogens is 5. The van der Waals surface area contributed by atoms with E-state index in [4.69, 9.17) is 20.8 Å². The van der Waals surface area contributed by atoms with Gasteiger partial charge in [-0.3, -0.25) is 47.7 Å². The third-order valence-corrected chi connectivity index (χ3v) is 18.3. The minimum atomic E-state index is -1.41. The molecule has 4 atom stereocenters. The number of rotatable bonds is 14. The van der Waals surface area contributed by atoms with Crippen molar-refractivity contribution in [2.75, 3.05) is 13.1 Å². The zero-order chi connectivity index (χ0) is 67.7. The van der Waals surface area contributed by atoms with Gasteiger partial charge in [0.15, 0.2) is 28.7 Å². The number of Topliss-reactive ketones (excluding diaryl/α,β-unsaturated/α-hetero) is 3. The van der Waals surface area contributed by atoms with E-state index >= 15 is 8.78 Å². The van der Waals surface area contributed by atoms with Crippen molar-refractivity contribution in [2.45, 2.75) is 129 Å². The third kappa shape index (κ3) is 15.2. The molecule has 28 heteroatoms. The van der Waals surface area contributed by atoms with E-state index < -0.39 is 89.6 Å². The molecule has 8 aromatic rings. The lowest BCUT2D eigenvalue weighted by atomic mass is 9.77. The summed E-state index contributed by atoms with van der Waals surface area (Å²) in [5, 5.41) is 12.1. The highest BCUT2D eigenvalue weighted by molar-refractivity contribution is 9.10. The van der Waals surface area contributed by atoms with Crippen molar-refractivity contribution >= 4 is 133 Å². The monoisotopic (exact) mass is 1430 g/mol. The van der Waals surface area contributed by atoms with Gasteiger partial charge in [-0.05, 0) is 92.3 Å². The number of ketones is 3. The molecule has 1 aliphatic carbocycles. The predicted molar refractivity (Wildman–Crippen MR) is 368 cm³/mol. The number of fused-ring (bicyclic) bond motifs is 4. The van der Waals surface area contributed by atoms with Crippen LogP contribution in [0.25, 0.3) is 32.9 Å². The normalized spacial score (nSPS) is 18.5. The fraction of sp³-hybridized carbons (Fsp3) is 0.324. The van der Waals surface area contributed by atoms with E-state index in [9.17, 15) is 47.1 Å². The van der Waals surface area contributed by atoms with E-state index in [2.05, 4.69) is 53.8 Å². The average Bonchev–Trinajstić information content (AvgIpc) is 1.53. The summed E-state index contributed by atoms with van der Waals surface area (Å²) in [6.45, 7) is 6.91. The fourth-order valence-electron chi connectivity index (χ4n) is 12.3. The lowest BCUT2D eigenvalue weighted by molar-refractivity contribution is -0.138. The molecule has 0 spiro atoms. The Labute approximate surface area is 576 Å². The van der Waals surface area contributed by atoms with Gasteiger partial charge in [0, 0.05) is 98.4 Å². The number of amides is 5. The van der Waals surface area contributed by atoms with Crippen LogP contribution in [0.15, 0.2) is 126 Å². The van der Waals surface area contributed by atoms with Crippen LogP contribution >= 0.6 is 29.4 Å². The quantitative estimate of drug-likeness (QED) is 0.0681. The topological polar surface area (TPSA) is 261 Å². The molecule has 2 aromatic heterocycles. The van der Waals surface area contributed by atoms with Gasteiger partial charge < -0.3 is 35.9 Å². The molecule has 0 unspecified atom stereocenters. The summed E-state index contributed by atoms with van der Waals surface area (Å²) in [6.07, 6.45) is -2.76. The molecule has 19 nitrogen and oxygen atoms in total. The molecule has 5 amide bonds. The number of nitrogens with two attached hydrogens (primary N) is 2. The van der Waals surface area contributed by atoms with Gasteiger partial charge in [-0.15, -0.1) is 0 Å². The van der Waals surface area contributed by atoms with Crippen LogP contribution in [0.2, 0.25) is 0 Å². The number of hydrogen-bond acceptors (Lipinski definition) is 14. The molecule has 0 radical (unpaired) electrons. The number of alkyl halides is 2. The SMILES string of the molecule is C.CC1(C)OB(c2cccc(CC(=O)[C@@H]3C[C@@H](F)CN3C(=O)Cn3nc(C(N)=O)c4ccccc43)c2F)OC1(C)C.NC(=O)c1nn(CC(=O)N2C[C@H](F)C[C@H]2C(=O)Cc2cccc(-c3ccc4c(c3)C(=O)CC4)c2F)c2ccccc12.O=C1NCc2ccc(Br)cc21.S.S=S. The van der Waals surface area contributed by atoms with Gasteiger partial charge in [0.05, 0.1) is 47.4 Å². The fourth-order valence-corrected chi connectivity index (χ4v) is 12.6. The Balaban J connectivity index is 0.000000203. The second-order valence-corrected chi connectivity index (χ2v) is 25.2.